The predicted octanol–water partition coefficient (Wildman–Crippen LogP) is 5.94. The maximum absolute atomic E-state index is 13.2. The van der Waals surface area contributed by atoms with E-state index in [9.17, 15) is 18.0 Å². The number of ketones is 1. The number of alkyl halides is 3. The van der Waals surface area contributed by atoms with Crippen LogP contribution in [-0.4, -0.2) is 25.5 Å². The Kier molecular flexibility index (Phi) is 6.38. The van der Waals surface area contributed by atoms with Crippen molar-refractivity contribution in [2.45, 2.75) is 44.8 Å². The van der Waals surface area contributed by atoms with Crippen molar-refractivity contribution in [1.82, 2.24) is 19.7 Å². The number of nitrogens with two attached hydrogens (primary N) is 1. The minimum atomic E-state index is -4.65. The fourth-order valence-electron chi connectivity index (χ4n) is 4.21. The van der Waals surface area contributed by atoms with E-state index in [1.807, 2.05) is 17.7 Å². The van der Waals surface area contributed by atoms with Crippen LogP contribution in [0, 0.1) is 18.8 Å². The maximum atomic E-state index is 13.2. The summed E-state index contributed by atoms with van der Waals surface area (Å²) in [5.41, 5.74) is 8.31. The van der Waals surface area contributed by atoms with Crippen LogP contribution >= 0.6 is 11.6 Å². The molecule has 0 amide bonds. The number of rotatable bonds is 4. The number of carbonyl (C=O) groups excluding carboxylic acids is 1. The second-order valence-corrected chi connectivity index (χ2v) is 9.43. The Labute approximate surface area is 215 Å². The number of nitrogen functional groups attached to an aromatic ring is 1. The third-order valence-electron chi connectivity index (χ3n) is 6.51. The number of aryl methyl sites for hydroxylation is 1. The average Bonchev–Trinajstić information content (AvgIpc) is 3.17. The quantitative estimate of drug-likeness (QED) is 0.264. The van der Waals surface area contributed by atoms with Crippen molar-refractivity contribution in [2.24, 2.45) is 0 Å². The van der Waals surface area contributed by atoms with Crippen LogP contribution in [0.25, 0.3) is 11.0 Å². The molecule has 0 spiro atoms. The van der Waals surface area contributed by atoms with E-state index in [1.165, 1.54) is 12.4 Å². The van der Waals surface area contributed by atoms with Gasteiger partial charge in [-0.1, -0.05) is 29.7 Å². The van der Waals surface area contributed by atoms with Crippen molar-refractivity contribution in [3.05, 3.63) is 81.3 Å². The third-order valence-corrected chi connectivity index (χ3v) is 6.84. The first kappa shape index (κ1) is 24.8. The van der Waals surface area contributed by atoms with Gasteiger partial charge in [-0.05, 0) is 67.5 Å². The number of anilines is 1. The molecule has 5 rings (SSSR count). The molecular weight excluding hydrogens is 503 g/mol. The van der Waals surface area contributed by atoms with Crippen molar-refractivity contribution in [2.75, 3.05) is 5.73 Å². The van der Waals surface area contributed by atoms with Crippen LogP contribution in [-0.2, 0) is 12.6 Å². The highest BCUT2D eigenvalue weighted by molar-refractivity contribution is 6.31. The first-order valence-corrected chi connectivity index (χ1v) is 12.0. The predicted molar refractivity (Wildman–Crippen MR) is 134 cm³/mol. The van der Waals surface area contributed by atoms with Gasteiger partial charge in [0.2, 0.25) is 0 Å². The molecule has 2 aromatic heterocycles. The van der Waals surface area contributed by atoms with E-state index in [0.717, 1.165) is 37.0 Å². The van der Waals surface area contributed by atoms with Gasteiger partial charge in [0, 0.05) is 17.5 Å². The molecule has 6 nitrogen and oxygen atoms in total. The third kappa shape index (κ3) is 4.89. The molecule has 10 heteroatoms. The highest BCUT2D eigenvalue weighted by Crippen LogP contribution is 2.36. The van der Waals surface area contributed by atoms with Crippen molar-refractivity contribution in [1.29, 1.82) is 0 Å². The van der Waals surface area contributed by atoms with Crippen LogP contribution in [0.1, 0.15) is 63.6 Å². The Morgan fingerprint density at radius 3 is 2.65 bits per heavy atom. The van der Waals surface area contributed by atoms with Gasteiger partial charge in [0.1, 0.15) is 17.8 Å². The van der Waals surface area contributed by atoms with Gasteiger partial charge in [-0.15, -0.1) is 0 Å². The molecule has 188 valence electrons. The van der Waals surface area contributed by atoms with Gasteiger partial charge in [0.25, 0.3) is 0 Å². The molecule has 1 fully saturated rings. The van der Waals surface area contributed by atoms with E-state index in [2.05, 4.69) is 26.9 Å². The number of benzene rings is 2. The highest BCUT2D eigenvalue weighted by Gasteiger charge is 2.33. The van der Waals surface area contributed by atoms with E-state index in [-0.39, 0.29) is 18.0 Å². The summed E-state index contributed by atoms with van der Waals surface area (Å²) < 4.78 is 41.5. The molecule has 2 aromatic carbocycles. The van der Waals surface area contributed by atoms with E-state index >= 15 is 0 Å². The van der Waals surface area contributed by atoms with E-state index < -0.39 is 22.5 Å². The van der Waals surface area contributed by atoms with E-state index in [0.29, 0.717) is 33.7 Å². The number of hydrogen-bond donors (Lipinski definition) is 1. The standard InChI is InChI=1S/C27H21ClF3N5O/c1-15-5-6-16(12-23(37)18-7-9-21(28)20(13-18)27(29,30)31)11-17(15)8-10-22-24-25(32)33-14-34-26(24)36(35-22)19-3-2-4-19/h5-7,9,11,13-14,19H,2-4,12H2,1H3,(H2,32,33,34). The normalized spacial score (nSPS) is 13.8. The Hall–Kier alpha value is -3.90. The van der Waals surface area contributed by atoms with Gasteiger partial charge in [0.15, 0.2) is 11.4 Å². The van der Waals surface area contributed by atoms with Gasteiger partial charge in [-0.2, -0.15) is 18.3 Å². The minimum Gasteiger partial charge on any atom is -0.383 e. The molecule has 0 aliphatic heterocycles. The summed E-state index contributed by atoms with van der Waals surface area (Å²) in [7, 11) is 0. The zero-order valence-electron chi connectivity index (χ0n) is 19.7. The summed E-state index contributed by atoms with van der Waals surface area (Å²) in [5.74, 6) is 6.04. The van der Waals surface area contributed by atoms with Crippen molar-refractivity contribution in [3.63, 3.8) is 0 Å². The summed E-state index contributed by atoms with van der Waals surface area (Å²) in [6.07, 6.45) is -0.166. The Balaban J connectivity index is 1.44. The van der Waals surface area contributed by atoms with Gasteiger partial charge < -0.3 is 5.73 Å². The molecule has 2 heterocycles. The summed E-state index contributed by atoms with van der Waals surface area (Å²) in [6.45, 7) is 1.88. The molecule has 37 heavy (non-hydrogen) atoms. The smallest absolute Gasteiger partial charge is 0.383 e. The molecule has 0 saturated heterocycles. The minimum absolute atomic E-state index is 0.0617. The molecule has 1 aliphatic rings. The lowest BCUT2D eigenvalue weighted by atomic mass is 9.93. The fraction of sp³-hybridized carbons (Fsp3) is 0.259. The second-order valence-electron chi connectivity index (χ2n) is 9.03. The largest absolute Gasteiger partial charge is 0.417 e. The highest BCUT2D eigenvalue weighted by atomic mass is 35.5. The molecule has 0 bridgehead atoms. The Bertz CT molecular complexity index is 1600. The second kappa shape index (κ2) is 9.52. The number of fused-ring (bicyclic) bond motifs is 1. The van der Waals surface area contributed by atoms with Crippen LogP contribution in [0.3, 0.4) is 0 Å². The first-order chi connectivity index (χ1) is 17.6. The number of hydrogen-bond acceptors (Lipinski definition) is 5. The van der Waals surface area contributed by atoms with Crippen LogP contribution in [0.4, 0.5) is 19.0 Å². The Morgan fingerprint density at radius 2 is 1.95 bits per heavy atom. The number of aromatic nitrogens is 4. The van der Waals surface area contributed by atoms with Crippen molar-refractivity contribution < 1.29 is 18.0 Å². The van der Waals surface area contributed by atoms with Gasteiger partial charge >= 0.3 is 6.18 Å². The number of halogens is 4. The first-order valence-electron chi connectivity index (χ1n) is 11.6. The monoisotopic (exact) mass is 523 g/mol. The summed E-state index contributed by atoms with van der Waals surface area (Å²) >= 11 is 5.68. The van der Waals surface area contributed by atoms with Crippen LogP contribution in [0.2, 0.25) is 5.02 Å². The Morgan fingerprint density at radius 1 is 1.16 bits per heavy atom. The molecule has 4 aromatic rings. The lowest BCUT2D eigenvalue weighted by Gasteiger charge is -2.25. The van der Waals surface area contributed by atoms with Crippen molar-refractivity contribution in [3.8, 4) is 11.8 Å². The van der Waals surface area contributed by atoms with Crippen molar-refractivity contribution >= 4 is 34.2 Å². The van der Waals surface area contributed by atoms with Crippen LogP contribution in [0.15, 0.2) is 42.7 Å². The lowest BCUT2D eigenvalue weighted by Crippen LogP contribution is -2.18. The molecule has 1 aliphatic carbocycles. The van der Waals surface area contributed by atoms with Crippen LogP contribution < -0.4 is 5.73 Å². The number of Topliss-reactive ketones (excluding diaryl/α,β-unsaturated/α-hetero) is 1. The summed E-state index contributed by atoms with van der Waals surface area (Å²) in [5, 5.41) is 4.82. The zero-order chi connectivity index (χ0) is 26.3. The van der Waals surface area contributed by atoms with Crippen LogP contribution in [0.5, 0.6) is 0 Å². The summed E-state index contributed by atoms with van der Waals surface area (Å²) in [4.78, 5) is 21.2. The van der Waals surface area contributed by atoms with E-state index in [4.69, 9.17) is 17.3 Å². The van der Waals surface area contributed by atoms with Gasteiger partial charge in [0.05, 0.1) is 22.0 Å². The molecule has 0 unspecified atom stereocenters. The SMILES string of the molecule is Cc1ccc(CC(=O)c2ccc(Cl)c(C(F)(F)F)c2)cc1C#Cc1nn(C2CCC2)c2ncnc(N)c12. The molecular formula is C27H21ClF3N5O. The fourth-order valence-corrected chi connectivity index (χ4v) is 4.44. The molecule has 1 saturated carbocycles. The number of carbonyl (C=O) groups is 1. The van der Waals surface area contributed by atoms with Gasteiger partial charge in [-0.25, -0.2) is 14.6 Å². The average molecular weight is 524 g/mol. The molecule has 0 radical (unpaired) electrons. The molecule has 2 N–H and O–H groups in total. The van der Waals surface area contributed by atoms with E-state index in [1.54, 1.807) is 12.1 Å². The summed E-state index contributed by atoms with van der Waals surface area (Å²) in [6, 6.07) is 8.76. The molecule has 0 atom stereocenters. The topological polar surface area (TPSA) is 86.7 Å². The maximum Gasteiger partial charge on any atom is 0.417 e. The zero-order valence-corrected chi connectivity index (χ0v) is 20.5. The lowest BCUT2D eigenvalue weighted by molar-refractivity contribution is -0.137. The van der Waals surface area contributed by atoms with Gasteiger partial charge in [-0.3, -0.25) is 4.79 Å². The number of nitrogens with zero attached hydrogens (tertiary/aromatic N) is 4.